The van der Waals surface area contributed by atoms with Gasteiger partial charge in [-0.25, -0.2) is 13.2 Å². The SMILES string of the molecule is CCOC(=O)CS(=O)(=O)N(C/C=C/c1cccc(C#N)c1)c1cc(Cl)c(OC2CCN(C(=O)OC(C)(C)C)CC2)c(C(N)=O)c1. The summed E-state index contributed by atoms with van der Waals surface area (Å²) in [5, 5.41) is 9.09. The number of benzene rings is 2. The second-order valence-electron chi connectivity index (χ2n) is 11.2. The minimum absolute atomic E-state index is 0.0100. The Bertz CT molecular complexity index is 1590. The van der Waals surface area contributed by atoms with Crippen LogP contribution in [0.4, 0.5) is 10.5 Å². The number of nitriles is 1. The average molecular weight is 661 g/mol. The number of esters is 1. The fourth-order valence-electron chi connectivity index (χ4n) is 4.48. The molecule has 0 unspecified atom stereocenters. The van der Waals surface area contributed by atoms with Crippen molar-refractivity contribution in [2.75, 3.05) is 36.3 Å². The zero-order chi connectivity index (χ0) is 33.4. The van der Waals surface area contributed by atoms with Crippen molar-refractivity contribution < 1.29 is 37.0 Å². The van der Waals surface area contributed by atoms with Gasteiger partial charge >= 0.3 is 12.1 Å². The molecule has 14 heteroatoms. The Morgan fingerprint density at radius 3 is 2.47 bits per heavy atom. The quantitative estimate of drug-likeness (QED) is 0.341. The summed E-state index contributed by atoms with van der Waals surface area (Å²) in [6.07, 6.45) is 3.14. The zero-order valence-electron chi connectivity index (χ0n) is 25.6. The number of anilines is 1. The van der Waals surface area contributed by atoms with Crippen LogP contribution in [0.15, 0.2) is 42.5 Å². The van der Waals surface area contributed by atoms with Gasteiger partial charge in [-0.05, 0) is 57.5 Å². The van der Waals surface area contributed by atoms with Crippen molar-refractivity contribution in [2.24, 2.45) is 5.73 Å². The summed E-state index contributed by atoms with van der Waals surface area (Å²) < 4.78 is 44.2. The standard InChI is InChI=1S/C31H37ClN4O8S/c1-5-42-27(37)20-45(40,41)36(13-7-10-21-8-6-9-22(16-21)19-33)23-17-25(29(34)38)28(26(32)18-23)43-24-11-14-35(15-12-24)30(39)44-31(2,3)4/h6-10,16-18,24H,5,11-15,20H2,1-4H3,(H2,34,38)/b10-7+. The topological polar surface area (TPSA) is 169 Å². The molecular weight excluding hydrogens is 624 g/mol. The lowest BCUT2D eigenvalue weighted by atomic mass is 10.1. The maximum absolute atomic E-state index is 13.4. The first-order valence-electron chi connectivity index (χ1n) is 14.2. The van der Waals surface area contributed by atoms with Crippen LogP contribution >= 0.6 is 11.6 Å². The number of piperidine rings is 1. The second kappa shape index (κ2) is 15.1. The lowest BCUT2D eigenvalue weighted by molar-refractivity contribution is -0.139. The maximum atomic E-state index is 13.4. The predicted molar refractivity (Wildman–Crippen MR) is 169 cm³/mol. The third-order valence-electron chi connectivity index (χ3n) is 6.50. The van der Waals surface area contributed by atoms with E-state index in [0.29, 0.717) is 37.1 Å². The third kappa shape index (κ3) is 10.1. The number of nitrogens with zero attached hydrogens (tertiary/aromatic N) is 3. The fourth-order valence-corrected chi connectivity index (χ4v) is 6.02. The molecule has 0 aliphatic carbocycles. The fraction of sp³-hybridized carbons (Fsp3) is 0.419. The van der Waals surface area contributed by atoms with E-state index in [1.165, 1.54) is 18.2 Å². The van der Waals surface area contributed by atoms with E-state index in [2.05, 4.69) is 0 Å². The molecule has 3 rings (SSSR count). The smallest absolute Gasteiger partial charge is 0.410 e. The van der Waals surface area contributed by atoms with Crippen molar-refractivity contribution in [2.45, 2.75) is 52.2 Å². The molecule has 2 N–H and O–H groups in total. The van der Waals surface area contributed by atoms with E-state index < -0.39 is 45.5 Å². The van der Waals surface area contributed by atoms with Crippen LogP contribution in [0.25, 0.3) is 6.08 Å². The molecule has 45 heavy (non-hydrogen) atoms. The number of ether oxygens (including phenoxy) is 3. The average Bonchev–Trinajstić information content (AvgIpc) is 2.95. The first kappa shape index (κ1) is 35.2. The summed E-state index contributed by atoms with van der Waals surface area (Å²) in [6.45, 7) is 7.35. The van der Waals surface area contributed by atoms with Gasteiger partial charge < -0.3 is 24.8 Å². The number of sulfonamides is 1. The van der Waals surface area contributed by atoms with E-state index in [9.17, 15) is 22.8 Å². The minimum atomic E-state index is -4.34. The first-order chi connectivity index (χ1) is 21.1. The highest BCUT2D eigenvalue weighted by Gasteiger charge is 2.31. The molecule has 1 saturated heterocycles. The summed E-state index contributed by atoms with van der Waals surface area (Å²) >= 11 is 6.58. The zero-order valence-corrected chi connectivity index (χ0v) is 27.2. The number of amides is 2. The Morgan fingerprint density at radius 2 is 1.87 bits per heavy atom. The van der Waals surface area contributed by atoms with E-state index in [4.69, 9.17) is 36.8 Å². The molecular formula is C31H37ClN4O8S. The summed E-state index contributed by atoms with van der Waals surface area (Å²) in [7, 11) is -4.34. The molecule has 1 heterocycles. The minimum Gasteiger partial charge on any atom is -0.488 e. The van der Waals surface area contributed by atoms with Crippen LogP contribution in [0.2, 0.25) is 5.02 Å². The van der Waals surface area contributed by atoms with E-state index in [0.717, 1.165) is 4.31 Å². The van der Waals surface area contributed by atoms with Gasteiger partial charge in [0, 0.05) is 25.9 Å². The maximum Gasteiger partial charge on any atom is 0.410 e. The van der Waals surface area contributed by atoms with E-state index in [-0.39, 0.29) is 35.2 Å². The van der Waals surface area contributed by atoms with E-state index in [1.807, 2.05) is 6.07 Å². The Kier molecular flexibility index (Phi) is 11.8. The highest BCUT2D eigenvalue weighted by atomic mass is 35.5. The molecule has 1 aliphatic rings. The number of hydrogen-bond acceptors (Lipinski definition) is 9. The number of rotatable bonds is 11. The Morgan fingerprint density at radius 1 is 1.18 bits per heavy atom. The number of likely N-dealkylation sites (tertiary alicyclic amines) is 1. The molecule has 242 valence electrons. The monoisotopic (exact) mass is 660 g/mol. The van der Waals surface area contributed by atoms with Gasteiger partial charge in [0.2, 0.25) is 10.0 Å². The molecule has 2 amide bonds. The van der Waals surface area contributed by atoms with Gasteiger partial charge in [-0.3, -0.25) is 13.9 Å². The van der Waals surface area contributed by atoms with Crippen LogP contribution in [0, 0.1) is 11.3 Å². The number of carbonyl (C=O) groups excluding carboxylic acids is 3. The number of carbonyl (C=O) groups is 3. The molecule has 1 aliphatic heterocycles. The van der Waals surface area contributed by atoms with Crippen molar-refractivity contribution in [1.82, 2.24) is 4.90 Å². The van der Waals surface area contributed by atoms with Crippen molar-refractivity contribution >= 4 is 51.4 Å². The van der Waals surface area contributed by atoms with Gasteiger partial charge in [0.1, 0.15) is 11.7 Å². The Balaban J connectivity index is 1.90. The van der Waals surface area contributed by atoms with Gasteiger partial charge in [0.05, 0.1) is 41.1 Å². The molecule has 2 aromatic rings. The van der Waals surface area contributed by atoms with Crippen LogP contribution in [0.3, 0.4) is 0 Å². The van der Waals surface area contributed by atoms with Crippen LogP contribution in [-0.2, 0) is 24.3 Å². The summed E-state index contributed by atoms with van der Waals surface area (Å²) in [4.78, 5) is 38.7. The molecule has 0 saturated carbocycles. The summed E-state index contributed by atoms with van der Waals surface area (Å²) in [6, 6.07) is 11.3. The van der Waals surface area contributed by atoms with Crippen LogP contribution in [-0.4, -0.2) is 75.0 Å². The predicted octanol–water partition coefficient (Wildman–Crippen LogP) is 4.50. The lowest BCUT2D eigenvalue weighted by Gasteiger charge is -2.34. The Labute approximate surface area is 268 Å². The first-order valence-corrected chi connectivity index (χ1v) is 16.2. The van der Waals surface area contributed by atoms with Gasteiger partial charge in [-0.1, -0.05) is 35.9 Å². The van der Waals surface area contributed by atoms with Gasteiger partial charge in [-0.2, -0.15) is 5.26 Å². The molecule has 12 nitrogen and oxygen atoms in total. The van der Waals surface area contributed by atoms with Crippen LogP contribution < -0.4 is 14.8 Å². The molecule has 0 radical (unpaired) electrons. The summed E-state index contributed by atoms with van der Waals surface area (Å²) in [5.74, 6) is -2.84. The summed E-state index contributed by atoms with van der Waals surface area (Å²) in [5.41, 5.74) is 5.93. The molecule has 1 fully saturated rings. The number of hydrogen-bond donors (Lipinski definition) is 1. The van der Waals surface area contributed by atoms with Crippen LogP contribution in [0.1, 0.15) is 62.0 Å². The second-order valence-corrected chi connectivity index (χ2v) is 13.5. The highest BCUT2D eigenvalue weighted by molar-refractivity contribution is 7.93. The Hall–Kier alpha value is -4.28. The molecule has 0 bridgehead atoms. The van der Waals surface area contributed by atoms with Crippen molar-refractivity contribution in [3.8, 4) is 11.8 Å². The van der Waals surface area contributed by atoms with Crippen LogP contribution in [0.5, 0.6) is 5.75 Å². The largest absolute Gasteiger partial charge is 0.488 e. The number of nitrogens with two attached hydrogens (primary N) is 1. The van der Waals surface area contributed by atoms with Crippen molar-refractivity contribution in [3.63, 3.8) is 0 Å². The van der Waals surface area contributed by atoms with Gasteiger partial charge in [0.25, 0.3) is 5.91 Å². The third-order valence-corrected chi connectivity index (χ3v) is 8.41. The van der Waals surface area contributed by atoms with E-state index >= 15 is 0 Å². The van der Waals surface area contributed by atoms with E-state index in [1.54, 1.807) is 62.9 Å². The van der Waals surface area contributed by atoms with Crippen molar-refractivity contribution in [3.05, 3.63) is 64.2 Å². The lowest BCUT2D eigenvalue weighted by Crippen LogP contribution is -2.44. The molecule has 0 spiro atoms. The highest BCUT2D eigenvalue weighted by Crippen LogP contribution is 2.36. The normalized spacial score (nSPS) is 14.1. The van der Waals surface area contributed by atoms with Gasteiger partial charge in [0.15, 0.2) is 11.5 Å². The number of halogens is 1. The molecule has 0 atom stereocenters. The van der Waals surface area contributed by atoms with Gasteiger partial charge in [-0.15, -0.1) is 0 Å². The molecule has 2 aromatic carbocycles. The molecule has 0 aromatic heterocycles. The number of primary amides is 1. The van der Waals surface area contributed by atoms with Crippen molar-refractivity contribution in [1.29, 1.82) is 5.26 Å².